The lowest BCUT2D eigenvalue weighted by atomic mass is 10.0. The molecule has 0 aromatic carbocycles. The summed E-state index contributed by atoms with van der Waals surface area (Å²) in [5.74, 6) is 5.03. The van der Waals surface area contributed by atoms with Gasteiger partial charge in [0, 0.05) is 5.25 Å². The molecule has 1 aliphatic rings. The molecule has 0 amide bonds. The molecule has 4 heteroatoms. The zero-order valence-corrected chi connectivity index (χ0v) is 7.44. The van der Waals surface area contributed by atoms with Crippen LogP contribution in [0.2, 0.25) is 0 Å². The summed E-state index contributed by atoms with van der Waals surface area (Å²) in [5.41, 5.74) is 5.49. The third-order valence-electron chi connectivity index (χ3n) is 1.97. The Bertz CT molecular complexity index is 141. The van der Waals surface area contributed by atoms with Crippen LogP contribution in [0, 0.1) is 0 Å². The summed E-state index contributed by atoms with van der Waals surface area (Å²) in [5, 5.41) is 4.63. The summed E-state index contributed by atoms with van der Waals surface area (Å²) in [7, 11) is 0. The number of nitrogens with zero attached hydrogens (tertiary/aromatic N) is 1. The van der Waals surface area contributed by atoms with Gasteiger partial charge in [-0.2, -0.15) is 5.10 Å². The summed E-state index contributed by atoms with van der Waals surface area (Å²) in [4.78, 5) is 0. The van der Waals surface area contributed by atoms with Gasteiger partial charge in [0.05, 0.1) is 0 Å². The largest absolute Gasteiger partial charge is 0.377 e. The number of nitrogens with two attached hydrogens (primary N) is 2. The minimum Gasteiger partial charge on any atom is -0.377 e. The maximum Gasteiger partial charge on any atom is 0.177 e. The van der Waals surface area contributed by atoms with Gasteiger partial charge in [-0.3, -0.25) is 0 Å². The smallest absolute Gasteiger partial charge is 0.177 e. The molecule has 0 heterocycles. The quantitative estimate of drug-likeness (QED) is 0.271. The Hall–Kier alpha value is -0.380. The third kappa shape index (κ3) is 3.01. The average Bonchev–Trinajstić information content (AvgIpc) is 2.06. The van der Waals surface area contributed by atoms with Gasteiger partial charge in [-0.05, 0) is 12.8 Å². The van der Waals surface area contributed by atoms with E-state index in [-0.39, 0.29) is 0 Å². The molecule has 3 nitrogen and oxygen atoms in total. The highest BCUT2D eigenvalue weighted by molar-refractivity contribution is 8.14. The van der Waals surface area contributed by atoms with E-state index < -0.39 is 0 Å². The van der Waals surface area contributed by atoms with Crippen LogP contribution in [0.25, 0.3) is 0 Å². The Balaban J connectivity index is 2.24. The number of rotatable bonds is 1. The standard InChI is InChI=1S/C7H15N3S/c8-7(10-9)11-6-4-2-1-3-5-6/h6H,1-5,9H2,(H2,8,10). The molecular formula is C7H15N3S. The molecular weight excluding hydrogens is 158 g/mol. The van der Waals surface area contributed by atoms with E-state index >= 15 is 0 Å². The van der Waals surface area contributed by atoms with Crippen LogP contribution in [0.15, 0.2) is 5.10 Å². The highest BCUT2D eigenvalue weighted by atomic mass is 32.2. The zero-order valence-electron chi connectivity index (χ0n) is 6.62. The molecule has 0 aromatic heterocycles. The average molecular weight is 173 g/mol. The van der Waals surface area contributed by atoms with E-state index in [2.05, 4.69) is 5.10 Å². The lowest BCUT2D eigenvalue weighted by Crippen LogP contribution is -2.17. The number of hydrogen-bond acceptors (Lipinski definition) is 3. The van der Waals surface area contributed by atoms with E-state index in [0.29, 0.717) is 10.4 Å². The van der Waals surface area contributed by atoms with Gasteiger partial charge in [0.1, 0.15) is 0 Å². The highest BCUT2D eigenvalue weighted by Gasteiger charge is 2.14. The van der Waals surface area contributed by atoms with Crippen molar-refractivity contribution in [1.82, 2.24) is 0 Å². The van der Waals surface area contributed by atoms with Crippen molar-refractivity contribution in [3.63, 3.8) is 0 Å². The molecule has 64 valence electrons. The number of hydrogen-bond donors (Lipinski definition) is 2. The van der Waals surface area contributed by atoms with Gasteiger partial charge in [-0.25, -0.2) is 0 Å². The molecule has 0 spiro atoms. The third-order valence-corrected chi connectivity index (χ3v) is 3.12. The van der Waals surface area contributed by atoms with E-state index in [1.807, 2.05) is 0 Å². The first kappa shape index (κ1) is 8.71. The van der Waals surface area contributed by atoms with E-state index in [9.17, 15) is 0 Å². The Kier molecular flexibility index (Phi) is 3.56. The first-order chi connectivity index (χ1) is 5.33. The summed E-state index contributed by atoms with van der Waals surface area (Å²) in [6.07, 6.45) is 6.56. The van der Waals surface area contributed by atoms with Crippen molar-refractivity contribution in [3.8, 4) is 0 Å². The molecule has 4 N–H and O–H groups in total. The van der Waals surface area contributed by atoms with Crippen molar-refractivity contribution in [2.45, 2.75) is 37.4 Å². The Morgan fingerprint density at radius 1 is 1.27 bits per heavy atom. The van der Waals surface area contributed by atoms with Gasteiger partial charge in [-0.1, -0.05) is 31.0 Å². The fraction of sp³-hybridized carbons (Fsp3) is 0.857. The predicted molar refractivity (Wildman–Crippen MR) is 50.3 cm³/mol. The zero-order chi connectivity index (χ0) is 8.10. The van der Waals surface area contributed by atoms with Crippen LogP contribution < -0.4 is 11.6 Å². The van der Waals surface area contributed by atoms with Crippen LogP contribution in [0.5, 0.6) is 0 Å². The van der Waals surface area contributed by atoms with Crippen molar-refractivity contribution < 1.29 is 0 Å². The van der Waals surface area contributed by atoms with E-state index in [4.69, 9.17) is 11.6 Å². The van der Waals surface area contributed by atoms with Gasteiger partial charge in [0.25, 0.3) is 0 Å². The maximum atomic E-state index is 5.49. The molecule has 0 bridgehead atoms. The summed E-state index contributed by atoms with van der Waals surface area (Å²) < 4.78 is 0. The second kappa shape index (κ2) is 4.49. The Morgan fingerprint density at radius 2 is 1.91 bits per heavy atom. The fourth-order valence-electron chi connectivity index (χ4n) is 1.38. The van der Waals surface area contributed by atoms with Crippen molar-refractivity contribution in [3.05, 3.63) is 0 Å². The SMILES string of the molecule is NN=C(N)SC1CCCCC1. The van der Waals surface area contributed by atoms with Crippen LogP contribution in [-0.2, 0) is 0 Å². The Labute approximate surface area is 71.6 Å². The van der Waals surface area contributed by atoms with Crippen LogP contribution in [0.1, 0.15) is 32.1 Å². The number of thioether (sulfide) groups is 1. The highest BCUT2D eigenvalue weighted by Crippen LogP contribution is 2.27. The summed E-state index contributed by atoms with van der Waals surface area (Å²) >= 11 is 1.62. The molecule has 1 aliphatic carbocycles. The van der Waals surface area contributed by atoms with E-state index in [1.54, 1.807) is 11.8 Å². The molecule has 1 fully saturated rings. The lowest BCUT2D eigenvalue weighted by Gasteiger charge is -2.19. The predicted octanol–water partition coefficient (Wildman–Crippen LogP) is 1.24. The van der Waals surface area contributed by atoms with Crippen molar-refractivity contribution in [1.29, 1.82) is 0 Å². The van der Waals surface area contributed by atoms with Gasteiger partial charge in [0.2, 0.25) is 0 Å². The second-order valence-corrected chi connectivity index (χ2v) is 4.17. The maximum absolute atomic E-state index is 5.49. The van der Waals surface area contributed by atoms with Gasteiger partial charge in [0.15, 0.2) is 5.17 Å². The monoisotopic (exact) mass is 173 g/mol. The van der Waals surface area contributed by atoms with E-state index in [1.165, 1.54) is 32.1 Å². The molecule has 1 rings (SSSR count). The summed E-state index contributed by atoms with van der Waals surface area (Å²) in [6.45, 7) is 0. The molecule has 0 aromatic rings. The first-order valence-electron chi connectivity index (χ1n) is 4.03. The Morgan fingerprint density at radius 3 is 2.45 bits per heavy atom. The van der Waals surface area contributed by atoms with Gasteiger partial charge in [-0.15, -0.1) is 0 Å². The van der Waals surface area contributed by atoms with Crippen LogP contribution in [0.3, 0.4) is 0 Å². The summed E-state index contributed by atoms with van der Waals surface area (Å²) in [6, 6.07) is 0. The molecule has 0 saturated heterocycles. The first-order valence-corrected chi connectivity index (χ1v) is 4.91. The molecule has 0 unspecified atom stereocenters. The minimum absolute atomic E-state index is 0.525. The van der Waals surface area contributed by atoms with Gasteiger partial charge < -0.3 is 11.6 Å². The van der Waals surface area contributed by atoms with Crippen LogP contribution in [0.4, 0.5) is 0 Å². The molecule has 0 aliphatic heterocycles. The molecule has 0 radical (unpaired) electrons. The fourth-order valence-corrected chi connectivity index (χ4v) is 2.36. The second-order valence-electron chi connectivity index (χ2n) is 2.85. The number of amidine groups is 1. The number of hydrazone groups is 1. The van der Waals surface area contributed by atoms with Crippen LogP contribution in [-0.4, -0.2) is 10.4 Å². The van der Waals surface area contributed by atoms with Gasteiger partial charge >= 0.3 is 0 Å². The van der Waals surface area contributed by atoms with Crippen molar-refractivity contribution in [2.24, 2.45) is 16.7 Å². The van der Waals surface area contributed by atoms with E-state index in [0.717, 1.165) is 0 Å². The van der Waals surface area contributed by atoms with Crippen molar-refractivity contribution in [2.75, 3.05) is 0 Å². The van der Waals surface area contributed by atoms with Crippen LogP contribution >= 0.6 is 11.8 Å². The minimum atomic E-state index is 0.525. The molecule has 0 atom stereocenters. The molecule has 11 heavy (non-hydrogen) atoms. The molecule has 1 saturated carbocycles. The van der Waals surface area contributed by atoms with Crippen molar-refractivity contribution >= 4 is 16.9 Å². The normalized spacial score (nSPS) is 22.0. The lowest BCUT2D eigenvalue weighted by molar-refractivity contribution is 0.517. The topological polar surface area (TPSA) is 64.4 Å².